The van der Waals surface area contributed by atoms with Crippen molar-refractivity contribution in [3.63, 3.8) is 0 Å². The summed E-state index contributed by atoms with van der Waals surface area (Å²) < 4.78 is 37.5. The van der Waals surface area contributed by atoms with Crippen LogP contribution < -0.4 is 10.6 Å². The molecule has 0 spiro atoms. The van der Waals surface area contributed by atoms with Gasteiger partial charge in [0.1, 0.15) is 0 Å². The summed E-state index contributed by atoms with van der Waals surface area (Å²) in [6, 6.07) is -1.18. The summed E-state index contributed by atoms with van der Waals surface area (Å²) in [4.78, 5) is 22.1. The van der Waals surface area contributed by atoms with Crippen LogP contribution in [0.15, 0.2) is 0 Å². The summed E-state index contributed by atoms with van der Waals surface area (Å²) in [5.74, 6) is -2.17. The zero-order valence-electron chi connectivity index (χ0n) is 11.0. The third-order valence-corrected chi connectivity index (χ3v) is 3.83. The molecule has 112 valence electrons. The number of rotatable bonds is 5. The molecule has 0 aliphatic rings. The zero-order valence-corrected chi connectivity index (χ0v) is 11.8. The van der Waals surface area contributed by atoms with E-state index in [0.29, 0.717) is 6.92 Å². The third kappa shape index (κ3) is 4.81. The first-order valence-corrected chi connectivity index (χ1v) is 6.49. The van der Waals surface area contributed by atoms with Crippen molar-refractivity contribution in [3.8, 4) is 0 Å². The molecule has 0 heterocycles. The van der Waals surface area contributed by atoms with E-state index in [1.807, 2.05) is 0 Å². The van der Waals surface area contributed by atoms with Crippen LogP contribution >= 0.6 is 11.8 Å². The Morgan fingerprint density at radius 3 is 2.00 bits per heavy atom. The molecular formula is C10H17F3N2O3S. The quantitative estimate of drug-likeness (QED) is 0.724. The van der Waals surface area contributed by atoms with Crippen LogP contribution in [0.1, 0.15) is 20.8 Å². The van der Waals surface area contributed by atoms with E-state index in [1.54, 1.807) is 20.1 Å². The molecule has 5 nitrogen and oxygen atoms in total. The Balaban J connectivity index is 4.74. The minimum Gasteiger partial charge on any atom is -0.479 e. The van der Waals surface area contributed by atoms with E-state index in [4.69, 9.17) is 5.11 Å². The molecule has 1 atom stereocenters. The zero-order chi connectivity index (χ0) is 15.5. The van der Waals surface area contributed by atoms with Crippen molar-refractivity contribution >= 4 is 23.8 Å². The fourth-order valence-corrected chi connectivity index (χ4v) is 1.10. The molecule has 9 heteroatoms. The number of hydrogen-bond acceptors (Lipinski definition) is 3. The van der Waals surface area contributed by atoms with E-state index in [9.17, 15) is 22.8 Å². The fourth-order valence-electron chi connectivity index (χ4n) is 0.882. The van der Waals surface area contributed by atoms with Crippen LogP contribution in [0.25, 0.3) is 0 Å². The highest BCUT2D eigenvalue weighted by Crippen LogP contribution is 2.30. The number of hydrogen-bond donors (Lipinski definition) is 3. The van der Waals surface area contributed by atoms with Crippen LogP contribution in [0.2, 0.25) is 0 Å². The van der Waals surface area contributed by atoms with Crippen molar-refractivity contribution in [2.45, 2.75) is 37.2 Å². The average molecular weight is 302 g/mol. The maximum atomic E-state index is 12.6. The molecule has 1 unspecified atom stereocenters. The van der Waals surface area contributed by atoms with Gasteiger partial charge in [-0.25, -0.2) is 9.59 Å². The molecule has 0 saturated heterocycles. The van der Waals surface area contributed by atoms with Gasteiger partial charge in [-0.15, -0.1) is 0 Å². The number of alkyl halides is 3. The molecule has 0 rings (SSSR count). The van der Waals surface area contributed by atoms with Crippen molar-refractivity contribution in [1.29, 1.82) is 0 Å². The summed E-state index contributed by atoms with van der Waals surface area (Å²) in [6.45, 7) is 4.08. The van der Waals surface area contributed by atoms with Crippen LogP contribution in [-0.4, -0.2) is 46.4 Å². The standard InChI is InChI=1S/C10H17F3N2O3S/c1-8(2,19-4)5-14-7(18)15-9(3,6(16)17)10(11,12)13/h5H2,1-4H3,(H,16,17)(H2,14,15,18). The number of nitrogens with one attached hydrogen (secondary N) is 2. The van der Waals surface area contributed by atoms with Gasteiger partial charge in [0, 0.05) is 11.3 Å². The summed E-state index contributed by atoms with van der Waals surface area (Å²) in [5.41, 5.74) is -3.32. The predicted octanol–water partition coefficient (Wildman–Crippen LogP) is 1.83. The van der Waals surface area contributed by atoms with Gasteiger partial charge in [-0.2, -0.15) is 24.9 Å². The number of urea groups is 1. The third-order valence-electron chi connectivity index (χ3n) is 2.59. The summed E-state index contributed by atoms with van der Waals surface area (Å²) in [6.07, 6.45) is -3.30. The van der Waals surface area contributed by atoms with Gasteiger partial charge < -0.3 is 15.7 Å². The van der Waals surface area contributed by atoms with Crippen LogP contribution in [0, 0.1) is 0 Å². The molecule has 0 aromatic carbocycles. The number of halogens is 3. The lowest BCUT2D eigenvalue weighted by Gasteiger charge is -2.29. The number of carbonyl (C=O) groups is 2. The number of carbonyl (C=O) groups excluding carboxylic acids is 1. The Morgan fingerprint density at radius 1 is 1.21 bits per heavy atom. The molecule has 0 saturated carbocycles. The molecule has 0 aliphatic carbocycles. The molecule has 0 aliphatic heterocycles. The molecule has 0 aromatic heterocycles. The summed E-state index contributed by atoms with van der Waals surface area (Å²) in [7, 11) is 0. The minimum absolute atomic E-state index is 0.105. The van der Waals surface area contributed by atoms with E-state index in [-0.39, 0.29) is 11.3 Å². The van der Waals surface area contributed by atoms with Crippen LogP contribution in [0.5, 0.6) is 0 Å². The normalized spacial score (nSPS) is 15.5. The van der Waals surface area contributed by atoms with Crippen molar-refractivity contribution in [2.75, 3.05) is 12.8 Å². The van der Waals surface area contributed by atoms with Crippen molar-refractivity contribution in [1.82, 2.24) is 10.6 Å². The fraction of sp³-hybridized carbons (Fsp3) is 0.800. The van der Waals surface area contributed by atoms with Crippen LogP contribution in [0.4, 0.5) is 18.0 Å². The van der Waals surface area contributed by atoms with Gasteiger partial charge in [-0.3, -0.25) is 0 Å². The molecule has 3 N–H and O–H groups in total. The Bertz CT molecular complexity index is 360. The van der Waals surface area contributed by atoms with Gasteiger partial charge in [0.25, 0.3) is 0 Å². The van der Waals surface area contributed by atoms with Crippen LogP contribution in [-0.2, 0) is 4.79 Å². The van der Waals surface area contributed by atoms with Crippen molar-refractivity contribution in [3.05, 3.63) is 0 Å². The monoisotopic (exact) mass is 302 g/mol. The molecule has 0 fully saturated rings. The highest BCUT2D eigenvalue weighted by molar-refractivity contribution is 7.99. The summed E-state index contributed by atoms with van der Waals surface area (Å²) >= 11 is 1.42. The van der Waals surface area contributed by atoms with Crippen molar-refractivity contribution in [2.24, 2.45) is 0 Å². The number of amides is 2. The van der Waals surface area contributed by atoms with Gasteiger partial charge in [0.05, 0.1) is 0 Å². The largest absolute Gasteiger partial charge is 0.479 e. The summed E-state index contributed by atoms with van der Waals surface area (Å²) in [5, 5.41) is 12.3. The second kappa shape index (κ2) is 5.89. The van der Waals surface area contributed by atoms with E-state index >= 15 is 0 Å². The van der Waals surface area contributed by atoms with Gasteiger partial charge in [-0.1, -0.05) is 0 Å². The molecule has 0 radical (unpaired) electrons. The number of aliphatic carboxylic acids is 1. The number of carboxylic acids is 1. The SMILES string of the molecule is CSC(C)(C)CNC(=O)NC(C)(C(=O)O)C(F)(F)F. The maximum Gasteiger partial charge on any atom is 0.422 e. The molecular weight excluding hydrogens is 285 g/mol. The van der Waals surface area contributed by atoms with Gasteiger partial charge in [-0.05, 0) is 27.0 Å². The van der Waals surface area contributed by atoms with Gasteiger partial charge in [0.15, 0.2) is 0 Å². The first-order chi connectivity index (χ1) is 8.35. The molecule has 0 bridgehead atoms. The molecule has 19 heavy (non-hydrogen) atoms. The predicted molar refractivity (Wildman–Crippen MR) is 66.2 cm³/mol. The second-order valence-corrected chi connectivity index (χ2v) is 6.21. The first-order valence-electron chi connectivity index (χ1n) is 5.27. The Morgan fingerprint density at radius 2 is 1.68 bits per heavy atom. The smallest absolute Gasteiger partial charge is 0.422 e. The lowest BCUT2D eigenvalue weighted by atomic mass is 10.0. The highest BCUT2D eigenvalue weighted by atomic mass is 32.2. The number of thioether (sulfide) groups is 1. The van der Waals surface area contributed by atoms with Gasteiger partial charge >= 0.3 is 18.2 Å². The van der Waals surface area contributed by atoms with Crippen LogP contribution in [0.3, 0.4) is 0 Å². The Hall–Kier alpha value is -1.12. The lowest BCUT2D eigenvalue weighted by Crippen LogP contribution is -2.64. The van der Waals surface area contributed by atoms with Gasteiger partial charge in [0.2, 0.25) is 5.54 Å². The molecule has 2 amide bonds. The molecule has 0 aromatic rings. The van der Waals surface area contributed by atoms with E-state index in [2.05, 4.69) is 5.32 Å². The van der Waals surface area contributed by atoms with E-state index < -0.39 is 23.7 Å². The minimum atomic E-state index is -5.09. The topological polar surface area (TPSA) is 78.4 Å². The van der Waals surface area contributed by atoms with E-state index in [0.717, 1.165) is 0 Å². The highest BCUT2D eigenvalue weighted by Gasteiger charge is 2.58. The lowest BCUT2D eigenvalue weighted by molar-refractivity contribution is -0.203. The first kappa shape index (κ1) is 17.9. The van der Waals surface area contributed by atoms with Crippen molar-refractivity contribution < 1.29 is 27.9 Å². The van der Waals surface area contributed by atoms with E-state index in [1.165, 1.54) is 17.1 Å². The number of carboxylic acid groups (broad SMARTS) is 1. The average Bonchev–Trinajstić information content (AvgIpc) is 2.24. The second-order valence-electron chi connectivity index (χ2n) is 4.70. The maximum absolute atomic E-state index is 12.6. The Kier molecular flexibility index (Phi) is 5.54. The Labute approximate surface area is 113 Å².